The third-order valence-corrected chi connectivity index (χ3v) is 9.24. The molecule has 3 rings (SSSR count). The highest BCUT2D eigenvalue weighted by Crippen LogP contribution is 2.23. The Kier molecular flexibility index (Phi) is 5.04. The van der Waals surface area contributed by atoms with E-state index in [2.05, 4.69) is 4.98 Å². The minimum Gasteiger partial charge on any atom is -0.337 e. The summed E-state index contributed by atoms with van der Waals surface area (Å²) < 4.78 is 55.4. The molecule has 2 aromatic rings. The second kappa shape index (κ2) is 6.80. The Labute approximate surface area is 151 Å². The van der Waals surface area contributed by atoms with Crippen LogP contribution in [0.25, 0.3) is 0 Å². The number of nitrogens with zero attached hydrogens (tertiary/aromatic N) is 4. The van der Waals surface area contributed by atoms with Gasteiger partial charge in [0.2, 0.25) is 0 Å². The number of hydrogen-bond acceptors (Lipinski definition) is 6. The standard InChI is InChI=1S/C14H20N4O4S3/c1-12-15-13(11-16(12)2)24(19,20)17-6-4-7-18(9-8-17)25(21,22)14-5-3-10-23-14/h3,5,10-11H,4,6-9H2,1-2H3. The van der Waals surface area contributed by atoms with Crippen LogP contribution in [0.1, 0.15) is 12.2 Å². The lowest BCUT2D eigenvalue weighted by Crippen LogP contribution is -2.37. The molecule has 1 aliphatic heterocycles. The predicted molar refractivity (Wildman–Crippen MR) is 94.4 cm³/mol. The molecule has 1 fully saturated rings. The van der Waals surface area contributed by atoms with Gasteiger partial charge in [-0.25, -0.2) is 21.8 Å². The first-order chi connectivity index (χ1) is 11.7. The van der Waals surface area contributed by atoms with Crippen molar-refractivity contribution in [2.24, 2.45) is 7.05 Å². The van der Waals surface area contributed by atoms with Gasteiger partial charge >= 0.3 is 0 Å². The molecule has 0 N–H and O–H groups in total. The maximum absolute atomic E-state index is 12.8. The van der Waals surface area contributed by atoms with Crippen molar-refractivity contribution in [3.05, 3.63) is 29.5 Å². The maximum atomic E-state index is 12.8. The van der Waals surface area contributed by atoms with Crippen molar-refractivity contribution >= 4 is 31.4 Å². The van der Waals surface area contributed by atoms with Gasteiger partial charge in [0.25, 0.3) is 20.0 Å². The number of sulfonamides is 2. The lowest BCUT2D eigenvalue weighted by atomic mass is 10.4. The average Bonchev–Trinajstić information content (AvgIpc) is 3.12. The highest BCUT2D eigenvalue weighted by molar-refractivity contribution is 7.91. The third-order valence-electron chi connectivity index (χ3n) is 4.19. The van der Waals surface area contributed by atoms with E-state index in [1.54, 1.807) is 36.1 Å². The Morgan fingerprint density at radius 1 is 1.04 bits per heavy atom. The molecule has 138 valence electrons. The SMILES string of the molecule is Cc1nc(S(=O)(=O)N2CCCN(S(=O)(=O)c3cccs3)CC2)cn1C. The molecule has 11 heteroatoms. The molecule has 1 aliphatic rings. The van der Waals surface area contributed by atoms with Gasteiger partial charge in [0.05, 0.1) is 0 Å². The van der Waals surface area contributed by atoms with Gasteiger partial charge in [0.15, 0.2) is 5.03 Å². The van der Waals surface area contributed by atoms with Crippen LogP contribution in [0.5, 0.6) is 0 Å². The van der Waals surface area contributed by atoms with Crippen molar-refractivity contribution < 1.29 is 16.8 Å². The predicted octanol–water partition coefficient (Wildman–Crippen LogP) is 0.875. The van der Waals surface area contributed by atoms with E-state index in [1.807, 2.05) is 0 Å². The first-order valence-electron chi connectivity index (χ1n) is 7.77. The summed E-state index contributed by atoms with van der Waals surface area (Å²) in [5, 5.41) is 1.72. The normalized spacial score (nSPS) is 18.3. The summed E-state index contributed by atoms with van der Waals surface area (Å²) in [4.78, 5) is 4.10. The van der Waals surface area contributed by atoms with E-state index in [0.717, 1.165) is 11.3 Å². The quantitative estimate of drug-likeness (QED) is 0.754. The van der Waals surface area contributed by atoms with Gasteiger partial charge < -0.3 is 4.57 Å². The van der Waals surface area contributed by atoms with Gasteiger partial charge in [-0.3, -0.25) is 0 Å². The number of rotatable bonds is 4. The maximum Gasteiger partial charge on any atom is 0.262 e. The summed E-state index contributed by atoms with van der Waals surface area (Å²) in [5.41, 5.74) is 0. The van der Waals surface area contributed by atoms with E-state index < -0.39 is 20.0 Å². The zero-order chi connectivity index (χ0) is 18.2. The van der Waals surface area contributed by atoms with Crippen molar-refractivity contribution in [3.8, 4) is 0 Å². The van der Waals surface area contributed by atoms with Crippen LogP contribution in [0.15, 0.2) is 32.9 Å². The zero-order valence-electron chi connectivity index (χ0n) is 14.0. The Balaban J connectivity index is 1.80. The van der Waals surface area contributed by atoms with Crippen LogP contribution in [-0.2, 0) is 27.1 Å². The first kappa shape index (κ1) is 18.5. The number of aromatic nitrogens is 2. The highest BCUT2D eigenvalue weighted by atomic mass is 32.2. The molecule has 1 saturated heterocycles. The fourth-order valence-electron chi connectivity index (χ4n) is 2.67. The van der Waals surface area contributed by atoms with Crippen molar-refractivity contribution in [2.45, 2.75) is 22.6 Å². The van der Waals surface area contributed by atoms with E-state index in [4.69, 9.17) is 0 Å². The fourth-order valence-corrected chi connectivity index (χ4v) is 6.78. The van der Waals surface area contributed by atoms with E-state index in [-0.39, 0.29) is 28.9 Å². The van der Waals surface area contributed by atoms with E-state index >= 15 is 0 Å². The first-order valence-corrected chi connectivity index (χ1v) is 11.5. The molecule has 3 heterocycles. The smallest absolute Gasteiger partial charge is 0.262 e. The molecule has 2 aromatic heterocycles. The summed E-state index contributed by atoms with van der Waals surface area (Å²) in [7, 11) is -5.56. The molecule has 0 unspecified atom stereocenters. The number of aryl methyl sites for hydroxylation is 2. The molecular weight excluding hydrogens is 384 g/mol. The minimum atomic E-state index is -3.73. The molecule has 25 heavy (non-hydrogen) atoms. The molecule has 0 amide bonds. The van der Waals surface area contributed by atoms with Gasteiger partial charge in [-0.15, -0.1) is 11.3 Å². The highest BCUT2D eigenvalue weighted by Gasteiger charge is 2.33. The van der Waals surface area contributed by atoms with Crippen LogP contribution in [0, 0.1) is 6.92 Å². The zero-order valence-corrected chi connectivity index (χ0v) is 16.4. The van der Waals surface area contributed by atoms with Crippen molar-refractivity contribution in [1.29, 1.82) is 0 Å². The molecule has 0 aromatic carbocycles. The Morgan fingerprint density at radius 2 is 1.68 bits per heavy atom. The summed E-state index contributed by atoms with van der Waals surface area (Å²) in [5.74, 6) is 0.607. The third kappa shape index (κ3) is 3.51. The van der Waals surface area contributed by atoms with Crippen LogP contribution in [-0.4, -0.2) is 61.2 Å². The lowest BCUT2D eigenvalue weighted by molar-refractivity contribution is 0.404. The molecule has 0 atom stereocenters. The van der Waals surface area contributed by atoms with E-state index in [9.17, 15) is 16.8 Å². The second-order valence-electron chi connectivity index (χ2n) is 5.83. The van der Waals surface area contributed by atoms with E-state index in [0.29, 0.717) is 18.8 Å². The van der Waals surface area contributed by atoms with Gasteiger partial charge in [-0.05, 0) is 24.8 Å². The van der Waals surface area contributed by atoms with Crippen LogP contribution < -0.4 is 0 Å². The molecule has 0 saturated carbocycles. The van der Waals surface area contributed by atoms with Gasteiger partial charge in [-0.1, -0.05) is 6.07 Å². The number of imidazole rings is 1. The Bertz CT molecular complexity index is 929. The molecule has 0 aliphatic carbocycles. The van der Waals surface area contributed by atoms with Crippen LogP contribution >= 0.6 is 11.3 Å². The Morgan fingerprint density at radius 3 is 2.20 bits per heavy atom. The molecular formula is C14H20N4O4S3. The number of thiophene rings is 1. The lowest BCUT2D eigenvalue weighted by Gasteiger charge is -2.20. The minimum absolute atomic E-state index is 0.00191. The average molecular weight is 405 g/mol. The molecule has 8 nitrogen and oxygen atoms in total. The number of hydrogen-bond donors (Lipinski definition) is 0. The van der Waals surface area contributed by atoms with Crippen molar-refractivity contribution in [1.82, 2.24) is 18.2 Å². The Hall–Kier alpha value is -1.27. The summed E-state index contributed by atoms with van der Waals surface area (Å²) in [6, 6.07) is 3.26. The van der Waals surface area contributed by atoms with Crippen LogP contribution in [0.2, 0.25) is 0 Å². The second-order valence-corrected chi connectivity index (χ2v) is 10.8. The molecule has 0 spiro atoms. The van der Waals surface area contributed by atoms with Crippen molar-refractivity contribution in [3.63, 3.8) is 0 Å². The topological polar surface area (TPSA) is 92.6 Å². The van der Waals surface area contributed by atoms with Crippen LogP contribution in [0.3, 0.4) is 0 Å². The monoisotopic (exact) mass is 404 g/mol. The summed E-state index contributed by atoms with van der Waals surface area (Å²) in [6.07, 6.45) is 1.92. The van der Waals surface area contributed by atoms with Gasteiger partial charge in [-0.2, -0.15) is 8.61 Å². The van der Waals surface area contributed by atoms with Gasteiger partial charge in [0.1, 0.15) is 10.0 Å². The molecule has 0 radical (unpaired) electrons. The molecule has 0 bridgehead atoms. The van der Waals surface area contributed by atoms with Crippen molar-refractivity contribution in [2.75, 3.05) is 26.2 Å². The van der Waals surface area contributed by atoms with Gasteiger partial charge in [0, 0.05) is 39.4 Å². The largest absolute Gasteiger partial charge is 0.337 e. The summed E-state index contributed by atoms with van der Waals surface area (Å²) >= 11 is 1.16. The van der Waals surface area contributed by atoms with Crippen LogP contribution in [0.4, 0.5) is 0 Å². The van der Waals surface area contributed by atoms with E-state index in [1.165, 1.54) is 14.8 Å². The summed E-state index contributed by atoms with van der Waals surface area (Å²) in [6.45, 7) is 2.55. The fraction of sp³-hybridized carbons (Fsp3) is 0.500.